The van der Waals surface area contributed by atoms with Gasteiger partial charge in [0.1, 0.15) is 11.3 Å². The molecule has 5 nitrogen and oxygen atoms in total. The summed E-state index contributed by atoms with van der Waals surface area (Å²) in [6.45, 7) is 7.08. The molecule has 1 N–H and O–H groups in total. The summed E-state index contributed by atoms with van der Waals surface area (Å²) in [5.74, 6) is 0.746. The van der Waals surface area contributed by atoms with Gasteiger partial charge in [0, 0.05) is 30.7 Å². The number of nitrogens with one attached hydrogen (secondary N) is 1. The number of carbonyl (C=O) groups excluding carboxylic acids is 1. The number of urea groups is 1. The van der Waals surface area contributed by atoms with Gasteiger partial charge in [-0.3, -0.25) is 4.98 Å². The van der Waals surface area contributed by atoms with Gasteiger partial charge in [0.25, 0.3) is 0 Å². The van der Waals surface area contributed by atoms with Crippen molar-refractivity contribution >= 4 is 16.9 Å². The molecule has 1 heterocycles. The van der Waals surface area contributed by atoms with Crippen LogP contribution in [0.25, 0.3) is 10.9 Å². The van der Waals surface area contributed by atoms with Crippen LogP contribution in [0.3, 0.4) is 0 Å². The van der Waals surface area contributed by atoms with Crippen molar-refractivity contribution < 1.29 is 9.53 Å². The van der Waals surface area contributed by atoms with Crippen LogP contribution in [0, 0.1) is 5.41 Å². The number of amides is 2. The SMILES string of the molecule is COc1ccc(CN(C)C(=O)NC2(C(C)(C)C)CC2)c2cccnc12. The standard InChI is InChI=1S/C20H27N3O2/c1-19(2,3)20(10-11-20)22-18(24)23(4)13-14-8-9-16(25-5)17-15(14)7-6-12-21-17/h6-9,12H,10-11,13H2,1-5H3,(H,22,24). The molecule has 1 aliphatic rings. The molecule has 1 saturated carbocycles. The second-order valence-corrected chi connectivity index (χ2v) is 7.94. The van der Waals surface area contributed by atoms with Crippen LogP contribution in [0.1, 0.15) is 39.2 Å². The third-order valence-electron chi connectivity index (χ3n) is 5.33. The van der Waals surface area contributed by atoms with E-state index in [0.29, 0.717) is 6.54 Å². The van der Waals surface area contributed by atoms with Crippen molar-refractivity contribution in [3.8, 4) is 5.75 Å². The number of aromatic nitrogens is 1. The molecule has 1 aromatic heterocycles. The van der Waals surface area contributed by atoms with Crippen molar-refractivity contribution in [1.82, 2.24) is 15.2 Å². The number of rotatable bonds is 4. The average Bonchev–Trinajstić information content (AvgIpc) is 3.35. The van der Waals surface area contributed by atoms with Crippen LogP contribution in [0.15, 0.2) is 30.5 Å². The molecule has 0 saturated heterocycles. The lowest BCUT2D eigenvalue weighted by atomic mass is 9.84. The molecular weight excluding hydrogens is 314 g/mol. The maximum absolute atomic E-state index is 12.7. The van der Waals surface area contributed by atoms with Crippen LogP contribution in [0.2, 0.25) is 0 Å². The minimum atomic E-state index is -0.0676. The molecule has 3 rings (SSSR count). The number of pyridine rings is 1. The number of fused-ring (bicyclic) bond motifs is 1. The Bertz CT molecular complexity index is 791. The van der Waals surface area contributed by atoms with Gasteiger partial charge in [-0.2, -0.15) is 0 Å². The predicted octanol–water partition coefficient (Wildman–Crippen LogP) is 3.96. The highest BCUT2D eigenvalue weighted by Gasteiger charge is 2.53. The minimum absolute atomic E-state index is 0.0275. The smallest absolute Gasteiger partial charge is 0.317 e. The summed E-state index contributed by atoms with van der Waals surface area (Å²) in [6, 6.07) is 7.81. The van der Waals surface area contributed by atoms with Gasteiger partial charge in [0.05, 0.1) is 7.11 Å². The number of hydrogen-bond donors (Lipinski definition) is 1. The minimum Gasteiger partial charge on any atom is -0.494 e. The van der Waals surface area contributed by atoms with Crippen molar-refractivity contribution in [1.29, 1.82) is 0 Å². The Labute approximate surface area is 149 Å². The zero-order valence-corrected chi connectivity index (χ0v) is 15.7. The van der Waals surface area contributed by atoms with E-state index in [2.05, 4.69) is 31.1 Å². The summed E-state index contributed by atoms with van der Waals surface area (Å²) < 4.78 is 5.39. The molecule has 2 amide bonds. The van der Waals surface area contributed by atoms with E-state index in [1.54, 1.807) is 18.2 Å². The van der Waals surface area contributed by atoms with Crippen LogP contribution >= 0.6 is 0 Å². The summed E-state index contributed by atoms with van der Waals surface area (Å²) in [7, 11) is 3.48. The Morgan fingerprint density at radius 2 is 2.04 bits per heavy atom. The fourth-order valence-corrected chi connectivity index (χ4v) is 3.32. The lowest BCUT2D eigenvalue weighted by Crippen LogP contribution is -2.50. The fraction of sp³-hybridized carbons (Fsp3) is 0.500. The Morgan fingerprint density at radius 1 is 1.32 bits per heavy atom. The van der Waals surface area contributed by atoms with Crippen molar-refractivity contribution in [2.45, 2.75) is 45.7 Å². The zero-order valence-electron chi connectivity index (χ0n) is 15.7. The van der Waals surface area contributed by atoms with E-state index in [1.807, 2.05) is 31.3 Å². The highest BCUT2D eigenvalue weighted by atomic mass is 16.5. The Hall–Kier alpha value is -2.30. The average molecular weight is 341 g/mol. The number of nitrogens with zero attached hydrogens (tertiary/aromatic N) is 2. The molecular formula is C20H27N3O2. The van der Waals surface area contributed by atoms with Crippen LogP contribution in [-0.2, 0) is 6.54 Å². The molecule has 1 fully saturated rings. The number of ether oxygens (including phenoxy) is 1. The maximum atomic E-state index is 12.7. The van der Waals surface area contributed by atoms with E-state index in [9.17, 15) is 4.79 Å². The van der Waals surface area contributed by atoms with E-state index in [-0.39, 0.29) is 17.0 Å². The lowest BCUT2D eigenvalue weighted by molar-refractivity contribution is 0.181. The van der Waals surface area contributed by atoms with E-state index < -0.39 is 0 Å². The van der Waals surface area contributed by atoms with Gasteiger partial charge in [0.15, 0.2) is 0 Å². The first-order chi connectivity index (χ1) is 11.8. The topological polar surface area (TPSA) is 54.5 Å². The Morgan fingerprint density at radius 3 is 2.64 bits per heavy atom. The third-order valence-corrected chi connectivity index (χ3v) is 5.33. The summed E-state index contributed by atoms with van der Waals surface area (Å²) in [5, 5.41) is 4.26. The molecule has 25 heavy (non-hydrogen) atoms. The molecule has 134 valence electrons. The summed E-state index contributed by atoms with van der Waals surface area (Å²) in [5.41, 5.74) is 1.88. The molecule has 0 spiro atoms. The van der Waals surface area contributed by atoms with Crippen LogP contribution in [0.4, 0.5) is 4.79 Å². The first-order valence-corrected chi connectivity index (χ1v) is 8.71. The number of benzene rings is 1. The second kappa shape index (κ2) is 6.21. The van der Waals surface area contributed by atoms with Crippen molar-refractivity contribution in [2.24, 2.45) is 5.41 Å². The zero-order chi connectivity index (χ0) is 18.2. The largest absolute Gasteiger partial charge is 0.494 e. The highest BCUT2D eigenvalue weighted by molar-refractivity contribution is 5.88. The predicted molar refractivity (Wildman–Crippen MR) is 99.7 cm³/mol. The van der Waals surface area contributed by atoms with Gasteiger partial charge < -0.3 is 15.0 Å². The van der Waals surface area contributed by atoms with E-state index >= 15 is 0 Å². The van der Waals surface area contributed by atoms with Crippen LogP contribution in [0.5, 0.6) is 5.75 Å². The number of methoxy groups -OCH3 is 1. The van der Waals surface area contributed by atoms with Gasteiger partial charge in [-0.1, -0.05) is 32.9 Å². The van der Waals surface area contributed by atoms with Crippen molar-refractivity contribution in [3.63, 3.8) is 0 Å². The molecule has 0 aliphatic heterocycles. The van der Waals surface area contributed by atoms with Gasteiger partial charge in [0.2, 0.25) is 0 Å². The van der Waals surface area contributed by atoms with E-state index in [1.165, 1.54) is 0 Å². The number of hydrogen-bond acceptors (Lipinski definition) is 3. The van der Waals surface area contributed by atoms with Gasteiger partial charge in [-0.25, -0.2) is 4.79 Å². The third kappa shape index (κ3) is 3.28. The summed E-state index contributed by atoms with van der Waals surface area (Å²) >= 11 is 0. The molecule has 0 unspecified atom stereocenters. The Balaban J connectivity index is 1.79. The van der Waals surface area contributed by atoms with Crippen LogP contribution < -0.4 is 10.1 Å². The highest BCUT2D eigenvalue weighted by Crippen LogP contribution is 2.49. The molecule has 0 atom stereocenters. The molecule has 0 bridgehead atoms. The van der Waals surface area contributed by atoms with Gasteiger partial charge >= 0.3 is 6.03 Å². The lowest BCUT2D eigenvalue weighted by Gasteiger charge is -2.33. The Kier molecular flexibility index (Phi) is 4.35. The monoisotopic (exact) mass is 341 g/mol. The summed E-state index contributed by atoms with van der Waals surface area (Å²) in [4.78, 5) is 18.8. The summed E-state index contributed by atoms with van der Waals surface area (Å²) in [6.07, 6.45) is 3.85. The molecule has 1 aromatic carbocycles. The van der Waals surface area contributed by atoms with E-state index in [0.717, 1.165) is 35.1 Å². The van der Waals surface area contributed by atoms with Crippen molar-refractivity contribution in [3.05, 3.63) is 36.0 Å². The normalized spacial score (nSPS) is 15.7. The maximum Gasteiger partial charge on any atom is 0.317 e. The molecule has 0 radical (unpaired) electrons. The fourth-order valence-electron chi connectivity index (χ4n) is 3.32. The van der Waals surface area contributed by atoms with Crippen LogP contribution in [-0.4, -0.2) is 35.6 Å². The van der Waals surface area contributed by atoms with Crippen molar-refractivity contribution in [2.75, 3.05) is 14.2 Å². The number of carbonyl (C=O) groups is 1. The molecule has 5 heteroatoms. The molecule has 2 aromatic rings. The van der Waals surface area contributed by atoms with Gasteiger partial charge in [-0.05, 0) is 36.0 Å². The first-order valence-electron chi connectivity index (χ1n) is 8.71. The van der Waals surface area contributed by atoms with Gasteiger partial charge in [-0.15, -0.1) is 0 Å². The quantitative estimate of drug-likeness (QED) is 0.916. The molecule has 1 aliphatic carbocycles. The van der Waals surface area contributed by atoms with E-state index in [4.69, 9.17) is 4.74 Å². The second-order valence-electron chi connectivity index (χ2n) is 7.94. The first kappa shape index (κ1) is 17.5.